The molecule has 1 heterocycles. The van der Waals surface area contributed by atoms with E-state index in [9.17, 15) is 5.11 Å². The van der Waals surface area contributed by atoms with E-state index in [1.165, 1.54) is 0 Å². The van der Waals surface area contributed by atoms with Crippen molar-refractivity contribution in [3.63, 3.8) is 0 Å². The second-order valence-electron chi connectivity index (χ2n) is 2.47. The summed E-state index contributed by atoms with van der Waals surface area (Å²) in [5.41, 5.74) is 0.916. The number of aromatic hydroxyl groups is 1. The van der Waals surface area contributed by atoms with Crippen LogP contribution in [0.4, 0.5) is 0 Å². The van der Waals surface area contributed by atoms with E-state index in [-0.39, 0.29) is 0 Å². The molecule has 0 amide bonds. The molecular weight excluding hydrogens is 208 g/mol. The van der Waals surface area contributed by atoms with Crippen molar-refractivity contribution in [1.82, 2.24) is 0 Å². The van der Waals surface area contributed by atoms with Crippen molar-refractivity contribution in [3.8, 4) is 11.5 Å². The minimum atomic E-state index is 0.334. The van der Waals surface area contributed by atoms with Gasteiger partial charge in [0.2, 0.25) is 0 Å². The van der Waals surface area contributed by atoms with Crippen LogP contribution in [0.1, 0.15) is 5.56 Å². The molecular formula is C8H7BrO2. The number of phenols is 1. The summed E-state index contributed by atoms with van der Waals surface area (Å²) in [4.78, 5) is 0. The lowest BCUT2D eigenvalue weighted by Crippen LogP contribution is -1.86. The molecule has 0 aromatic heterocycles. The molecule has 0 unspecified atom stereocenters. The van der Waals surface area contributed by atoms with Crippen molar-refractivity contribution in [2.24, 2.45) is 0 Å². The van der Waals surface area contributed by atoms with E-state index in [4.69, 9.17) is 4.74 Å². The number of ether oxygens (including phenoxy) is 1. The lowest BCUT2D eigenvalue weighted by Gasteiger charge is -2.02. The van der Waals surface area contributed by atoms with Gasteiger partial charge in [0.25, 0.3) is 0 Å². The molecule has 0 atom stereocenters. The van der Waals surface area contributed by atoms with E-state index in [2.05, 4.69) is 15.9 Å². The second-order valence-corrected chi connectivity index (χ2v) is 3.33. The molecule has 1 N–H and O–H groups in total. The second kappa shape index (κ2) is 2.41. The number of phenolic OH excluding ortho intramolecular Hbond substituents is 1. The molecule has 1 aliphatic rings. The zero-order chi connectivity index (χ0) is 7.84. The highest BCUT2D eigenvalue weighted by molar-refractivity contribution is 9.10. The van der Waals surface area contributed by atoms with Crippen LogP contribution >= 0.6 is 15.9 Å². The van der Waals surface area contributed by atoms with Gasteiger partial charge in [-0.3, -0.25) is 0 Å². The Bertz CT molecular complexity index is 267. The number of benzene rings is 1. The van der Waals surface area contributed by atoms with E-state index < -0.39 is 0 Å². The van der Waals surface area contributed by atoms with Crippen LogP contribution in [0.25, 0.3) is 0 Å². The molecule has 1 aromatic carbocycles. The molecule has 0 fully saturated rings. The van der Waals surface area contributed by atoms with Crippen LogP contribution in [-0.2, 0) is 6.42 Å². The first-order valence-corrected chi connectivity index (χ1v) is 4.21. The van der Waals surface area contributed by atoms with Crippen molar-refractivity contribution >= 4 is 15.9 Å². The molecule has 0 saturated carbocycles. The van der Waals surface area contributed by atoms with Gasteiger partial charge in [-0.2, -0.15) is 0 Å². The fourth-order valence-electron chi connectivity index (χ4n) is 1.24. The zero-order valence-corrected chi connectivity index (χ0v) is 7.39. The molecule has 11 heavy (non-hydrogen) atoms. The molecule has 0 radical (unpaired) electrons. The van der Waals surface area contributed by atoms with Crippen LogP contribution in [0.15, 0.2) is 16.6 Å². The van der Waals surface area contributed by atoms with Crippen molar-refractivity contribution in [2.75, 3.05) is 6.61 Å². The summed E-state index contributed by atoms with van der Waals surface area (Å²) in [5.74, 6) is 1.13. The van der Waals surface area contributed by atoms with Gasteiger partial charge in [0.15, 0.2) is 0 Å². The van der Waals surface area contributed by atoms with Crippen molar-refractivity contribution in [3.05, 3.63) is 22.2 Å². The fourth-order valence-corrected chi connectivity index (χ4v) is 1.73. The number of fused-ring (bicyclic) bond motifs is 1. The molecule has 0 bridgehead atoms. The smallest absolute Gasteiger partial charge is 0.140 e. The normalized spacial score (nSPS) is 14.3. The van der Waals surface area contributed by atoms with Gasteiger partial charge in [-0.25, -0.2) is 0 Å². The van der Waals surface area contributed by atoms with Crippen LogP contribution in [0.3, 0.4) is 0 Å². The Kier molecular flexibility index (Phi) is 1.53. The molecule has 58 valence electrons. The molecule has 3 heteroatoms. The molecule has 1 aliphatic heterocycles. The van der Waals surface area contributed by atoms with Gasteiger partial charge in [-0.1, -0.05) is 0 Å². The third-order valence-corrected chi connectivity index (χ3v) is 2.41. The zero-order valence-electron chi connectivity index (χ0n) is 5.80. The summed E-state index contributed by atoms with van der Waals surface area (Å²) in [7, 11) is 0. The number of hydrogen-bond donors (Lipinski definition) is 1. The summed E-state index contributed by atoms with van der Waals surface area (Å²) in [6.45, 7) is 0.672. The summed E-state index contributed by atoms with van der Waals surface area (Å²) < 4.78 is 6.22. The van der Waals surface area contributed by atoms with Gasteiger partial charge in [0.1, 0.15) is 11.5 Å². The summed E-state index contributed by atoms with van der Waals surface area (Å²) in [6.07, 6.45) is 0.806. The highest BCUT2D eigenvalue weighted by Crippen LogP contribution is 2.38. The third kappa shape index (κ3) is 0.997. The average molecular weight is 215 g/mol. The maximum atomic E-state index is 9.35. The maximum Gasteiger partial charge on any atom is 0.140 e. The molecule has 0 spiro atoms. The quantitative estimate of drug-likeness (QED) is 0.717. The minimum absolute atomic E-state index is 0.334. The summed E-state index contributed by atoms with van der Waals surface area (Å²) >= 11 is 3.35. The highest BCUT2D eigenvalue weighted by Gasteiger charge is 2.18. The predicted molar refractivity (Wildman–Crippen MR) is 45.0 cm³/mol. The monoisotopic (exact) mass is 214 g/mol. The third-order valence-electron chi connectivity index (χ3n) is 1.79. The van der Waals surface area contributed by atoms with Gasteiger partial charge in [-0.15, -0.1) is 0 Å². The fraction of sp³-hybridized carbons (Fsp3) is 0.250. The van der Waals surface area contributed by atoms with Crippen LogP contribution in [0.5, 0.6) is 11.5 Å². The van der Waals surface area contributed by atoms with Gasteiger partial charge < -0.3 is 9.84 Å². The Labute approximate surface area is 72.9 Å². The molecule has 1 aromatic rings. The van der Waals surface area contributed by atoms with E-state index in [0.29, 0.717) is 12.4 Å². The first-order chi connectivity index (χ1) is 5.29. The Balaban J connectivity index is 2.64. The lowest BCUT2D eigenvalue weighted by atomic mass is 10.1. The van der Waals surface area contributed by atoms with Crippen LogP contribution in [-0.4, -0.2) is 11.7 Å². The van der Waals surface area contributed by atoms with Gasteiger partial charge in [0.05, 0.1) is 11.1 Å². The Morgan fingerprint density at radius 3 is 3.00 bits per heavy atom. The summed E-state index contributed by atoms with van der Waals surface area (Å²) in [6, 6.07) is 3.47. The van der Waals surface area contributed by atoms with Gasteiger partial charge >= 0.3 is 0 Å². The molecule has 2 nitrogen and oxygen atoms in total. The van der Waals surface area contributed by atoms with E-state index in [0.717, 1.165) is 22.2 Å². The first-order valence-electron chi connectivity index (χ1n) is 3.42. The van der Waals surface area contributed by atoms with Crippen molar-refractivity contribution < 1.29 is 9.84 Å². The lowest BCUT2D eigenvalue weighted by molar-refractivity contribution is 0.355. The van der Waals surface area contributed by atoms with Gasteiger partial charge in [-0.05, 0) is 28.1 Å². The van der Waals surface area contributed by atoms with E-state index >= 15 is 0 Å². The van der Waals surface area contributed by atoms with Crippen LogP contribution < -0.4 is 4.74 Å². The van der Waals surface area contributed by atoms with E-state index in [1.807, 2.05) is 0 Å². The van der Waals surface area contributed by atoms with Crippen molar-refractivity contribution in [2.45, 2.75) is 6.42 Å². The predicted octanol–water partition coefficient (Wildman–Crippen LogP) is 2.09. The largest absolute Gasteiger partial charge is 0.508 e. The number of hydrogen-bond acceptors (Lipinski definition) is 2. The Morgan fingerprint density at radius 1 is 1.45 bits per heavy atom. The standard InChI is InChI=1S/C8H7BrO2/c9-6-1-2-7(10)5-3-4-11-8(5)6/h1-2,10H,3-4H2. The SMILES string of the molecule is Oc1ccc(Br)c2c1CCO2. The van der Waals surface area contributed by atoms with Crippen molar-refractivity contribution in [1.29, 1.82) is 0 Å². The van der Waals surface area contributed by atoms with Crippen LogP contribution in [0, 0.1) is 0 Å². The molecule has 0 saturated heterocycles. The summed E-state index contributed by atoms with van der Waals surface area (Å²) in [5, 5.41) is 9.35. The van der Waals surface area contributed by atoms with Gasteiger partial charge in [0, 0.05) is 12.0 Å². The highest BCUT2D eigenvalue weighted by atomic mass is 79.9. The Hall–Kier alpha value is -0.700. The van der Waals surface area contributed by atoms with E-state index in [1.54, 1.807) is 12.1 Å². The molecule has 2 rings (SSSR count). The molecule has 0 aliphatic carbocycles. The maximum absolute atomic E-state index is 9.35. The van der Waals surface area contributed by atoms with Crippen LogP contribution in [0.2, 0.25) is 0 Å². The topological polar surface area (TPSA) is 29.5 Å². The first kappa shape index (κ1) is 6.98. The number of halogens is 1. The number of rotatable bonds is 0. The minimum Gasteiger partial charge on any atom is -0.508 e. The Morgan fingerprint density at radius 2 is 2.27 bits per heavy atom. The average Bonchev–Trinajstić information content (AvgIpc) is 2.45.